The number of aryl methyl sites for hydroxylation is 1. The Balaban J connectivity index is 0.000000352. The molecule has 0 radical (unpaired) electrons. The molecule has 0 amide bonds. The summed E-state index contributed by atoms with van der Waals surface area (Å²) in [4.78, 5) is 0. The first-order valence-electron chi connectivity index (χ1n) is 14.1. The van der Waals surface area contributed by atoms with Gasteiger partial charge in [0, 0.05) is 0 Å². The first-order valence-corrected chi connectivity index (χ1v) is 15.3. The minimum Gasteiger partial charge on any atom is -1.00 e. The third-order valence-corrected chi connectivity index (χ3v) is 8.17. The van der Waals surface area contributed by atoms with Gasteiger partial charge in [-0.15, -0.1) is 46.7 Å². The van der Waals surface area contributed by atoms with E-state index in [1.54, 1.807) is 0 Å². The summed E-state index contributed by atoms with van der Waals surface area (Å²) in [5, 5.41) is 5.48. The standard InChI is InChI=1S/C21H25.C9H10.C8H11.2ClH.Zr/c1-20(2,3)16-7-9-18-14(12-16)11-15-13-17(21(4,5)6)8-10-19(15)18;1-3-9-6-4-8(2)5-7-9;1-6-4-7(2)8(3)5-6;;;/h7-13H,1-6H3;4-7H,1-2H3;4,6H,1-3H3;2*1H;/q-1;;-1;;;+2/p-2. The molecule has 1 atom stereocenters. The van der Waals surface area contributed by atoms with Crippen molar-refractivity contribution in [1.82, 2.24) is 0 Å². The van der Waals surface area contributed by atoms with Gasteiger partial charge < -0.3 is 24.8 Å². The molecule has 1 aliphatic rings. The van der Waals surface area contributed by atoms with Crippen molar-refractivity contribution in [3.63, 3.8) is 0 Å². The molecule has 0 aromatic heterocycles. The number of benzene rings is 3. The Kier molecular flexibility index (Phi) is 13.8. The van der Waals surface area contributed by atoms with Crippen LogP contribution in [0.5, 0.6) is 0 Å². The van der Waals surface area contributed by atoms with Gasteiger partial charge >= 0.3 is 76.7 Å². The molecular weight excluding hydrogens is 619 g/mol. The van der Waals surface area contributed by atoms with Crippen LogP contribution >= 0.6 is 0 Å². The topological polar surface area (TPSA) is 0 Å². The normalized spacial score (nSPS) is 14.5. The number of allylic oxidation sites excluding steroid dienone is 4. The van der Waals surface area contributed by atoms with E-state index in [-0.39, 0.29) is 35.6 Å². The molecule has 41 heavy (non-hydrogen) atoms. The summed E-state index contributed by atoms with van der Waals surface area (Å²) < 4.78 is 1.46. The number of fused-ring (bicyclic) bond motifs is 3. The Bertz CT molecular complexity index is 1430. The van der Waals surface area contributed by atoms with E-state index >= 15 is 0 Å². The van der Waals surface area contributed by atoms with Crippen LogP contribution in [-0.4, -0.2) is 3.21 Å². The molecule has 1 unspecified atom stereocenters. The summed E-state index contributed by atoms with van der Waals surface area (Å²) in [6.07, 6.45) is 5.52. The van der Waals surface area contributed by atoms with Gasteiger partial charge in [-0.2, -0.15) is 6.08 Å². The largest absolute Gasteiger partial charge is 1.00 e. The minimum atomic E-state index is 0. The van der Waals surface area contributed by atoms with E-state index in [4.69, 9.17) is 0 Å². The van der Waals surface area contributed by atoms with Crippen LogP contribution in [0.2, 0.25) is 0 Å². The predicted octanol–water partition coefficient (Wildman–Crippen LogP) is 4.73. The van der Waals surface area contributed by atoms with Crippen molar-refractivity contribution in [2.75, 3.05) is 0 Å². The van der Waals surface area contributed by atoms with E-state index in [1.807, 2.05) is 0 Å². The molecule has 4 aromatic carbocycles. The van der Waals surface area contributed by atoms with Gasteiger partial charge in [0.2, 0.25) is 0 Å². The molecule has 0 saturated heterocycles. The van der Waals surface area contributed by atoms with Gasteiger partial charge in [-0.3, -0.25) is 6.08 Å². The zero-order chi connectivity index (χ0) is 29.1. The monoisotopic (exact) mass is 662 g/mol. The second-order valence-electron chi connectivity index (χ2n) is 13.1. The van der Waals surface area contributed by atoms with Crippen LogP contribution < -0.4 is 24.8 Å². The average Bonchev–Trinajstić information content (AvgIpc) is 3.35. The van der Waals surface area contributed by atoms with E-state index < -0.39 is 0 Å². The fourth-order valence-corrected chi connectivity index (χ4v) is 5.17. The zero-order valence-corrected chi connectivity index (χ0v) is 30.7. The Morgan fingerprint density at radius 2 is 1.17 bits per heavy atom. The summed E-state index contributed by atoms with van der Waals surface area (Å²) in [7, 11) is 0. The van der Waals surface area contributed by atoms with Crippen molar-refractivity contribution < 1.29 is 49.0 Å². The maximum atomic E-state index is 3.29. The smallest absolute Gasteiger partial charge is 1.00 e. The summed E-state index contributed by atoms with van der Waals surface area (Å²) in [6, 6.07) is 24.8. The Hall–Kier alpha value is -1.66. The molecule has 4 aromatic rings. The second kappa shape index (κ2) is 15.2. The summed E-state index contributed by atoms with van der Waals surface area (Å²) in [6.45, 7) is 24.3. The molecule has 0 aliphatic heterocycles. The van der Waals surface area contributed by atoms with Gasteiger partial charge in [-0.1, -0.05) is 96.7 Å². The van der Waals surface area contributed by atoms with Crippen LogP contribution in [0.4, 0.5) is 0 Å². The zero-order valence-electron chi connectivity index (χ0n) is 26.8. The summed E-state index contributed by atoms with van der Waals surface area (Å²) >= 11 is 1.51. The molecule has 0 saturated carbocycles. The average molecular weight is 665 g/mol. The van der Waals surface area contributed by atoms with Crippen molar-refractivity contribution >= 4 is 24.8 Å². The van der Waals surface area contributed by atoms with Crippen molar-refractivity contribution in [2.45, 2.75) is 87.0 Å². The van der Waals surface area contributed by atoms with Gasteiger partial charge in [0.1, 0.15) is 0 Å². The third-order valence-electron chi connectivity index (χ3n) is 7.46. The SMILES string of the molecule is CC(C)(C)c1ccc2c(c1)[cH-]c1cc(C(C)(C)C)ccc12.CC1=[C-]C(C)C=C1C.C[C](=[Zr+2])c1ccc(C)cc1.[Cl-].[Cl-]. The van der Waals surface area contributed by atoms with E-state index in [2.05, 4.69) is 155 Å². The fraction of sp³-hybridized carbons (Fsp3) is 0.368. The molecule has 0 N–H and O–H groups in total. The molecule has 3 heteroatoms. The van der Waals surface area contributed by atoms with Gasteiger partial charge in [-0.05, 0) is 10.8 Å². The second-order valence-corrected chi connectivity index (χ2v) is 15.0. The Labute approximate surface area is 277 Å². The Morgan fingerprint density at radius 3 is 1.46 bits per heavy atom. The van der Waals surface area contributed by atoms with Crippen LogP contribution in [0.25, 0.3) is 21.5 Å². The fourth-order valence-electron chi connectivity index (χ4n) is 4.76. The molecule has 0 heterocycles. The van der Waals surface area contributed by atoms with Gasteiger partial charge in [0.25, 0.3) is 0 Å². The van der Waals surface area contributed by atoms with E-state index in [9.17, 15) is 0 Å². The third kappa shape index (κ3) is 10.2. The molecular formula is C38H46Cl2Zr-2. The van der Waals surface area contributed by atoms with Crippen molar-refractivity contribution in [2.24, 2.45) is 5.92 Å². The summed E-state index contributed by atoms with van der Waals surface area (Å²) in [5.74, 6) is 0.551. The first-order chi connectivity index (χ1) is 18.1. The van der Waals surface area contributed by atoms with E-state index in [1.165, 1.54) is 82.4 Å². The van der Waals surface area contributed by atoms with Gasteiger partial charge in [0.05, 0.1) is 0 Å². The van der Waals surface area contributed by atoms with Gasteiger partial charge in [-0.25, -0.2) is 11.1 Å². The maximum absolute atomic E-state index is 3.29. The summed E-state index contributed by atoms with van der Waals surface area (Å²) in [5.41, 5.74) is 8.63. The number of halogens is 2. The molecule has 0 spiro atoms. The van der Waals surface area contributed by atoms with E-state index in [0.29, 0.717) is 5.92 Å². The van der Waals surface area contributed by atoms with Crippen LogP contribution in [0.3, 0.4) is 0 Å². The number of rotatable bonds is 1. The molecule has 0 nitrogen and oxygen atoms in total. The Morgan fingerprint density at radius 1 is 0.732 bits per heavy atom. The number of hydrogen-bond donors (Lipinski definition) is 0. The van der Waals surface area contributed by atoms with Crippen molar-refractivity contribution in [1.29, 1.82) is 0 Å². The molecule has 0 fully saturated rings. The van der Waals surface area contributed by atoms with Crippen LogP contribution in [0.1, 0.15) is 91.5 Å². The molecule has 1 aliphatic carbocycles. The van der Waals surface area contributed by atoms with Crippen LogP contribution in [0.15, 0.2) is 84.0 Å². The molecule has 5 rings (SSSR count). The number of hydrogen-bond acceptors (Lipinski definition) is 0. The first kappa shape index (κ1) is 37.4. The van der Waals surface area contributed by atoms with Crippen LogP contribution in [0, 0.1) is 18.9 Å². The predicted molar refractivity (Wildman–Crippen MR) is 171 cm³/mol. The van der Waals surface area contributed by atoms with Crippen molar-refractivity contribution in [3.05, 3.63) is 112 Å². The quantitative estimate of drug-likeness (QED) is 0.259. The molecule has 218 valence electrons. The van der Waals surface area contributed by atoms with E-state index in [0.717, 1.165) is 0 Å². The van der Waals surface area contributed by atoms with Gasteiger partial charge in [0.15, 0.2) is 0 Å². The maximum Gasteiger partial charge on any atom is -1.00 e. The van der Waals surface area contributed by atoms with Crippen molar-refractivity contribution in [3.8, 4) is 0 Å². The van der Waals surface area contributed by atoms with Crippen LogP contribution in [-0.2, 0) is 35.1 Å². The molecule has 0 bridgehead atoms. The minimum absolute atomic E-state index is 0.